The predicted octanol–water partition coefficient (Wildman–Crippen LogP) is 6.13. The van der Waals surface area contributed by atoms with Gasteiger partial charge >= 0.3 is 0 Å². The smallest absolute Gasteiger partial charge is 0.251 e. The minimum atomic E-state index is -0.423. The lowest BCUT2D eigenvalue weighted by Gasteiger charge is -2.32. The van der Waals surface area contributed by atoms with E-state index in [4.69, 9.17) is 15.8 Å². The van der Waals surface area contributed by atoms with Crippen molar-refractivity contribution in [3.8, 4) is 0 Å². The highest BCUT2D eigenvalue weighted by Gasteiger charge is 2.40. The van der Waals surface area contributed by atoms with Crippen LogP contribution in [0.25, 0.3) is 0 Å². The van der Waals surface area contributed by atoms with Crippen LogP contribution in [-0.4, -0.2) is 54.9 Å². The molecule has 2 saturated heterocycles. The van der Waals surface area contributed by atoms with Crippen molar-refractivity contribution < 1.29 is 18.2 Å². The molecule has 2 fully saturated rings. The standard InChI is InChI=1S/C33H36ClFN4O3S/c34-28-8-7-26(35)19-25(28)21-39-30-20-24(6-9-29(30)37-32-27(33(39)41)12-17-42-43-32)31(40)36-13-16-38-14-10-23(11-15-38)18-22-4-2-1-3-5-22/h1-9,19-20,23,27,32,37H,10-18,21H2,(H,36,40)/t27-,32?/m0/s1. The van der Waals surface area contributed by atoms with Gasteiger partial charge < -0.3 is 24.6 Å². The van der Waals surface area contributed by atoms with Gasteiger partial charge in [0.2, 0.25) is 5.91 Å². The predicted molar refractivity (Wildman–Crippen MR) is 170 cm³/mol. The van der Waals surface area contributed by atoms with Crippen LogP contribution >= 0.6 is 23.6 Å². The first-order valence-corrected chi connectivity index (χ1v) is 16.1. The Morgan fingerprint density at radius 1 is 1.07 bits per heavy atom. The second kappa shape index (κ2) is 13.7. The lowest BCUT2D eigenvalue weighted by molar-refractivity contribution is -0.123. The first kappa shape index (κ1) is 29.9. The molecule has 0 saturated carbocycles. The fourth-order valence-corrected chi connectivity index (χ4v) is 7.25. The van der Waals surface area contributed by atoms with Gasteiger partial charge in [0, 0.05) is 35.7 Å². The Morgan fingerprint density at radius 3 is 2.70 bits per heavy atom. The fourth-order valence-electron chi connectivity index (χ4n) is 6.17. The highest BCUT2D eigenvalue weighted by Crippen LogP contribution is 2.41. The first-order valence-electron chi connectivity index (χ1n) is 14.9. The van der Waals surface area contributed by atoms with Crippen molar-refractivity contribution in [3.63, 3.8) is 0 Å². The lowest BCUT2D eigenvalue weighted by Crippen LogP contribution is -2.42. The molecule has 3 aromatic rings. The average Bonchev–Trinajstić information content (AvgIpc) is 3.14. The molecule has 2 N–H and O–H groups in total. The molecule has 1 unspecified atom stereocenters. The number of fused-ring (bicyclic) bond motifs is 2. The largest absolute Gasteiger partial charge is 0.369 e. The summed E-state index contributed by atoms with van der Waals surface area (Å²) in [5, 5.41) is 6.60. The van der Waals surface area contributed by atoms with E-state index < -0.39 is 5.82 Å². The van der Waals surface area contributed by atoms with Crippen molar-refractivity contribution in [3.05, 3.63) is 94.3 Å². The number of halogens is 2. The zero-order valence-electron chi connectivity index (χ0n) is 23.9. The summed E-state index contributed by atoms with van der Waals surface area (Å²) in [6, 6.07) is 20.1. The molecule has 0 aliphatic carbocycles. The number of piperidine rings is 1. The molecule has 2 atom stereocenters. The third-order valence-corrected chi connectivity index (χ3v) is 9.93. The molecule has 6 rings (SSSR count). The van der Waals surface area contributed by atoms with Crippen molar-refractivity contribution in [1.29, 1.82) is 0 Å². The van der Waals surface area contributed by atoms with Gasteiger partial charge in [0.25, 0.3) is 5.91 Å². The molecule has 3 aromatic carbocycles. The Hall–Kier alpha value is -3.11. The van der Waals surface area contributed by atoms with Crippen LogP contribution in [0.2, 0.25) is 5.02 Å². The summed E-state index contributed by atoms with van der Waals surface area (Å²) in [5.74, 6) is -0.373. The molecular weight excluding hydrogens is 587 g/mol. The monoisotopic (exact) mass is 622 g/mol. The number of anilines is 2. The van der Waals surface area contributed by atoms with E-state index >= 15 is 0 Å². The molecule has 3 heterocycles. The Balaban J connectivity index is 1.11. The Labute approximate surface area is 261 Å². The molecule has 0 aromatic heterocycles. The van der Waals surface area contributed by atoms with Crippen LogP contribution in [-0.2, 0) is 21.9 Å². The van der Waals surface area contributed by atoms with Gasteiger partial charge in [-0.2, -0.15) is 0 Å². The molecule has 43 heavy (non-hydrogen) atoms. The molecule has 0 radical (unpaired) electrons. The highest BCUT2D eigenvalue weighted by atomic mass is 35.5. The van der Waals surface area contributed by atoms with Gasteiger partial charge in [-0.05, 0) is 92.2 Å². The van der Waals surface area contributed by atoms with Crippen LogP contribution in [0.1, 0.15) is 40.7 Å². The number of carbonyl (C=O) groups is 2. The van der Waals surface area contributed by atoms with Crippen LogP contribution in [0.15, 0.2) is 66.7 Å². The number of hydrogen-bond acceptors (Lipinski definition) is 6. The zero-order valence-corrected chi connectivity index (χ0v) is 25.5. The van der Waals surface area contributed by atoms with E-state index in [2.05, 4.69) is 45.9 Å². The van der Waals surface area contributed by atoms with Gasteiger partial charge in [-0.25, -0.2) is 4.39 Å². The SMILES string of the molecule is O=C(NCCN1CCC(Cc2ccccc2)CC1)c1ccc2c(c1)N(Cc1cc(F)ccc1Cl)C(=O)[C@H]1CCOSC1N2. The first-order chi connectivity index (χ1) is 20.9. The summed E-state index contributed by atoms with van der Waals surface area (Å²) in [7, 11) is 0. The van der Waals surface area contributed by atoms with Crippen LogP contribution in [0, 0.1) is 17.7 Å². The number of carbonyl (C=O) groups excluding carboxylic acids is 2. The van der Waals surface area contributed by atoms with Gasteiger partial charge in [-0.3, -0.25) is 9.59 Å². The van der Waals surface area contributed by atoms with Crippen molar-refractivity contribution >= 4 is 46.8 Å². The van der Waals surface area contributed by atoms with Crippen molar-refractivity contribution in [2.75, 3.05) is 43.0 Å². The van der Waals surface area contributed by atoms with Gasteiger partial charge in [-0.1, -0.05) is 41.9 Å². The molecule has 3 aliphatic rings. The van der Waals surface area contributed by atoms with Gasteiger partial charge in [-0.15, -0.1) is 0 Å². The summed E-state index contributed by atoms with van der Waals surface area (Å²) in [6.45, 7) is 3.94. The Morgan fingerprint density at radius 2 is 1.88 bits per heavy atom. The second-order valence-electron chi connectivity index (χ2n) is 11.5. The minimum Gasteiger partial charge on any atom is -0.369 e. The van der Waals surface area contributed by atoms with E-state index in [1.807, 2.05) is 6.07 Å². The lowest BCUT2D eigenvalue weighted by atomic mass is 9.90. The van der Waals surface area contributed by atoms with Crippen LogP contribution < -0.4 is 15.5 Å². The normalized spacial score (nSPS) is 21.0. The maximum Gasteiger partial charge on any atom is 0.251 e. The van der Waals surface area contributed by atoms with Crippen molar-refractivity contribution in [1.82, 2.24) is 10.2 Å². The zero-order chi connectivity index (χ0) is 29.8. The van der Waals surface area contributed by atoms with Gasteiger partial charge in [0.05, 0.1) is 30.4 Å². The summed E-state index contributed by atoms with van der Waals surface area (Å²) < 4.78 is 19.7. The van der Waals surface area contributed by atoms with E-state index in [9.17, 15) is 14.0 Å². The highest BCUT2D eigenvalue weighted by molar-refractivity contribution is 7.95. The van der Waals surface area contributed by atoms with Crippen LogP contribution in [0.4, 0.5) is 15.8 Å². The van der Waals surface area contributed by atoms with E-state index in [0.717, 1.165) is 38.9 Å². The Bertz CT molecular complexity index is 1450. The molecule has 0 bridgehead atoms. The van der Waals surface area contributed by atoms with Crippen LogP contribution in [0.5, 0.6) is 0 Å². The summed E-state index contributed by atoms with van der Waals surface area (Å²) >= 11 is 7.65. The van der Waals surface area contributed by atoms with E-state index in [-0.39, 0.29) is 29.7 Å². The number of nitrogens with zero attached hydrogens (tertiary/aromatic N) is 2. The number of amides is 2. The fraction of sp³-hybridized carbons (Fsp3) is 0.394. The molecule has 0 spiro atoms. The van der Waals surface area contributed by atoms with Crippen molar-refractivity contribution in [2.45, 2.75) is 37.6 Å². The number of benzene rings is 3. The van der Waals surface area contributed by atoms with Crippen LogP contribution in [0.3, 0.4) is 0 Å². The van der Waals surface area contributed by atoms with Gasteiger partial charge in [0.1, 0.15) is 11.2 Å². The molecular formula is C33H36ClFN4O3S. The second-order valence-corrected chi connectivity index (χ2v) is 12.8. The summed E-state index contributed by atoms with van der Waals surface area (Å²) in [4.78, 5) is 31.2. The molecule has 7 nitrogen and oxygen atoms in total. The van der Waals surface area contributed by atoms with E-state index in [1.54, 1.807) is 17.0 Å². The number of likely N-dealkylation sites (tertiary alicyclic amines) is 1. The number of rotatable bonds is 8. The summed E-state index contributed by atoms with van der Waals surface area (Å²) in [6.07, 6.45) is 3.99. The van der Waals surface area contributed by atoms with E-state index in [1.165, 1.54) is 35.8 Å². The maximum atomic E-state index is 14.1. The maximum absolute atomic E-state index is 14.1. The molecule has 10 heteroatoms. The number of hydrogen-bond donors (Lipinski definition) is 2. The van der Waals surface area contributed by atoms with E-state index in [0.29, 0.717) is 53.0 Å². The average molecular weight is 623 g/mol. The molecule has 226 valence electrons. The quantitative estimate of drug-likeness (QED) is 0.294. The molecule has 2 amide bonds. The Kier molecular flexibility index (Phi) is 9.52. The van der Waals surface area contributed by atoms with Gasteiger partial charge in [0.15, 0.2) is 0 Å². The third kappa shape index (κ3) is 7.17. The summed E-state index contributed by atoms with van der Waals surface area (Å²) in [5.41, 5.74) is 3.63. The minimum absolute atomic E-state index is 0.0874. The topological polar surface area (TPSA) is 73.9 Å². The third-order valence-electron chi connectivity index (χ3n) is 8.61. The van der Waals surface area contributed by atoms with Crippen molar-refractivity contribution in [2.24, 2.45) is 11.8 Å². The number of nitrogens with one attached hydrogen (secondary N) is 2. The molecule has 3 aliphatic heterocycles.